The van der Waals surface area contributed by atoms with Gasteiger partial charge in [0, 0.05) is 11.1 Å². The average Bonchev–Trinajstić information content (AvgIpc) is 2.85. The minimum atomic E-state index is -1.02. The number of ether oxygens (including phenoxy) is 2. The second-order valence-corrected chi connectivity index (χ2v) is 5.63. The van der Waals surface area contributed by atoms with Crippen LogP contribution in [0.5, 0.6) is 11.5 Å². The molecule has 0 radical (unpaired) electrons. The van der Waals surface area contributed by atoms with Gasteiger partial charge in [-0.2, -0.15) is 0 Å². The summed E-state index contributed by atoms with van der Waals surface area (Å²) in [5, 5.41) is 10.2. The number of hydrogen-bond acceptors (Lipinski definition) is 4. The molecule has 0 saturated carbocycles. The van der Waals surface area contributed by atoms with E-state index in [0.717, 1.165) is 10.9 Å². The van der Waals surface area contributed by atoms with E-state index in [1.165, 1.54) is 11.7 Å². The number of nitrogens with zero attached hydrogens (tertiary/aromatic N) is 1. The molecule has 3 rings (SSSR count). The molecule has 0 spiro atoms. The molecule has 0 aliphatic rings. The smallest absolute Gasteiger partial charge is 0.416 e. The van der Waals surface area contributed by atoms with Crippen LogP contribution in [-0.4, -0.2) is 28.8 Å². The summed E-state index contributed by atoms with van der Waals surface area (Å²) in [7, 11) is 1.32. The van der Waals surface area contributed by atoms with Crippen LogP contribution in [0.25, 0.3) is 10.9 Å². The molecule has 6 heteroatoms. The van der Waals surface area contributed by atoms with Crippen molar-refractivity contribution in [2.75, 3.05) is 7.11 Å². The Morgan fingerprint density at radius 3 is 2.44 bits per heavy atom. The van der Waals surface area contributed by atoms with Gasteiger partial charge in [0.25, 0.3) is 0 Å². The highest BCUT2D eigenvalue weighted by Crippen LogP contribution is 2.31. The molecule has 0 aliphatic heterocycles. The van der Waals surface area contributed by atoms with Crippen molar-refractivity contribution in [3.05, 3.63) is 59.3 Å². The minimum absolute atomic E-state index is 0.394. The Morgan fingerprint density at radius 1 is 1.04 bits per heavy atom. The number of fused-ring (bicyclic) bond motifs is 1. The van der Waals surface area contributed by atoms with Gasteiger partial charge in [-0.25, -0.2) is 14.2 Å². The van der Waals surface area contributed by atoms with Crippen molar-refractivity contribution in [3.8, 4) is 11.5 Å². The minimum Gasteiger partial charge on any atom is -0.465 e. The lowest BCUT2D eigenvalue weighted by molar-refractivity contribution is 0.0600. The number of methoxy groups -OCH3 is 1. The predicted octanol–water partition coefficient (Wildman–Crippen LogP) is 4.36. The van der Waals surface area contributed by atoms with E-state index in [2.05, 4.69) is 0 Å². The zero-order valence-electron chi connectivity index (χ0n) is 14.1. The largest absolute Gasteiger partial charge is 0.465 e. The zero-order chi connectivity index (χ0) is 18.1. The molecule has 3 aromatic rings. The third-order valence-electron chi connectivity index (χ3n) is 4.17. The second-order valence-electron chi connectivity index (χ2n) is 5.63. The first-order chi connectivity index (χ1) is 11.9. The van der Waals surface area contributed by atoms with Gasteiger partial charge in [-0.3, -0.25) is 0 Å². The summed E-state index contributed by atoms with van der Waals surface area (Å²) in [4.78, 5) is 23.0. The number of carbonyl (C=O) groups is 2. The lowest BCUT2D eigenvalue weighted by Crippen LogP contribution is -2.09. The van der Waals surface area contributed by atoms with Crippen LogP contribution < -0.4 is 4.74 Å². The molecule has 0 fully saturated rings. The summed E-state index contributed by atoms with van der Waals surface area (Å²) in [6.07, 6.45) is -1.02. The number of aryl methyl sites for hydroxylation is 1. The van der Waals surface area contributed by atoms with E-state index >= 15 is 0 Å². The molecule has 128 valence electrons. The van der Waals surface area contributed by atoms with Gasteiger partial charge in [0.15, 0.2) is 0 Å². The first-order valence-electron chi connectivity index (χ1n) is 7.63. The Bertz CT molecular complexity index is 987. The number of rotatable bonds is 3. The maximum Gasteiger partial charge on any atom is 0.416 e. The fourth-order valence-corrected chi connectivity index (χ4v) is 2.80. The van der Waals surface area contributed by atoms with Crippen molar-refractivity contribution in [2.24, 2.45) is 0 Å². The van der Waals surface area contributed by atoms with E-state index < -0.39 is 12.1 Å². The van der Waals surface area contributed by atoms with Crippen LogP contribution >= 0.6 is 0 Å². The average molecular weight is 339 g/mol. The van der Waals surface area contributed by atoms with Crippen molar-refractivity contribution < 1.29 is 24.2 Å². The summed E-state index contributed by atoms with van der Waals surface area (Å²) in [5.41, 5.74) is 2.56. The standard InChI is InChI=1S/C19H17NO5/c1-11-12(2)20(19(22)23)17-8-7-15(10-16(11)17)25-14-6-4-5-13(9-14)18(21)24-3/h4-10H,1-3H3,(H,22,23). The third kappa shape index (κ3) is 2.94. The molecular weight excluding hydrogens is 322 g/mol. The van der Waals surface area contributed by atoms with Crippen molar-refractivity contribution in [2.45, 2.75) is 13.8 Å². The molecule has 6 nitrogen and oxygen atoms in total. The van der Waals surface area contributed by atoms with Gasteiger partial charge >= 0.3 is 12.1 Å². The van der Waals surface area contributed by atoms with Crippen molar-refractivity contribution in [1.29, 1.82) is 0 Å². The number of benzene rings is 2. The summed E-state index contributed by atoms with van der Waals surface area (Å²) in [6, 6.07) is 11.9. The Balaban J connectivity index is 2.00. The maximum absolute atomic E-state index is 11.6. The summed E-state index contributed by atoms with van der Waals surface area (Å²) >= 11 is 0. The Morgan fingerprint density at radius 2 is 1.76 bits per heavy atom. The number of aromatic nitrogens is 1. The molecule has 1 heterocycles. The number of esters is 1. The molecular formula is C19H17NO5. The normalized spacial score (nSPS) is 10.7. The van der Waals surface area contributed by atoms with Gasteiger partial charge in [0.2, 0.25) is 0 Å². The van der Waals surface area contributed by atoms with Crippen LogP contribution in [-0.2, 0) is 4.74 Å². The Hall–Kier alpha value is -3.28. The Labute approximate surface area is 144 Å². The fourth-order valence-electron chi connectivity index (χ4n) is 2.80. The number of carbonyl (C=O) groups excluding carboxylic acids is 1. The van der Waals surface area contributed by atoms with Gasteiger partial charge in [-0.15, -0.1) is 0 Å². The highest BCUT2D eigenvalue weighted by Gasteiger charge is 2.16. The SMILES string of the molecule is COC(=O)c1cccc(Oc2ccc3c(c2)c(C)c(C)n3C(=O)O)c1. The molecule has 0 atom stereocenters. The molecule has 0 saturated heterocycles. The summed E-state index contributed by atoms with van der Waals surface area (Å²) in [5.74, 6) is 0.611. The monoisotopic (exact) mass is 339 g/mol. The summed E-state index contributed by atoms with van der Waals surface area (Å²) in [6.45, 7) is 3.64. The van der Waals surface area contributed by atoms with Crippen LogP contribution in [0.2, 0.25) is 0 Å². The maximum atomic E-state index is 11.6. The molecule has 0 bridgehead atoms. The first kappa shape index (κ1) is 16.6. The topological polar surface area (TPSA) is 77.8 Å². The van der Waals surface area contributed by atoms with E-state index in [1.807, 2.05) is 6.92 Å². The van der Waals surface area contributed by atoms with Crippen LogP contribution in [0.3, 0.4) is 0 Å². The highest BCUT2D eigenvalue weighted by atomic mass is 16.5. The molecule has 1 N–H and O–H groups in total. The first-order valence-corrected chi connectivity index (χ1v) is 7.63. The summed E-state index contributed by atoms with van der Waals surface area (Å²) < 4.78 is 11.8. The van der Waals surface area contributed by atoms with E-state index in [-0.39, 0.29) is 0 Å². The lowest BCUT2D eigenvalue weighted by atomic mass is 10.1. The molecule has 1 aromatic heterocycles. The highest BCUT2D eigenvalue weighted by molar-refractivity contribution is 5.93. The predicted molar refractivity (Wildman–Crippen MR) is 92.7 cm³/mol. The fraction of sp³-hybridized carbons (Fsp3) is 0.158. The van der Waals surface area contributed by atoms with Gasteiger partial charge in [0.05, 0.1) is 18.2 Å². The molecule has 0 unspecified atom stereocenters. The van der Waals surface area contributed by atoms with Crippen LogP contribution in [0.1, 0.15) is 21.6 Å². The molecule has 0 aliphatic carbocycles. The van der Waals surface area contributed by atoms with Gasteiger partial charge in [0.1, 0.15) is 11.5 Å². The van der Waals surface area contributed by atoms with Crippen LogP contribution in [0, 0.1) is 13.8 Å². The third-order valence-corrected chi connectivity index (χ3v) is 4.17. The van der Waals surface area contributed by atoms with Gasteiger partial charge in [-0.05, 0) is 55.8 Å². The number of hydrogen-bond donors (Lipinski definition) is 1. The van der Waals surface area contributed by atoms with Crippen molar-refractivity contribution >= 4 is 23.0 Å². The lowest BCUT2D eigenvalue weighted by Gasteiger charge is -2.08. The Kier molecular flexibility index (Phi) is 4.19. The van der Waals surface area contributed by atoms with E-state index in [0.29, 0.717) is 28.3 Å². The van der Waals surface area contributed by atoms with Crippen molar-refractivity contribution in [3.63, 3.8) is 0 Å². The van der Waals surface area contributed by atoms with E-state index in [4.69, 9.17) is 9.47 Å². The van der Waals surface area contributed by atoms with Crippen molar-refractivity contribution in [1.82, 2.24) is 4.57 Å². The van der Waals surface area contributed by atoms with Crippen LogP contribution in [0.15, 0.2) is 42.5 Å². The zero-order valence-corrected chi connectivity index (χ0v) is 14.1. The van der Waals surface area contributed by atoms with E-state index in [9.17, 15) is 14.7 Å². The van der Waals surface area contributed by atoms with Crippen LogP contribution in [0.4, 0.5) is 4.79 Å². The number of carboxylic acid groups (broad SMARTS) is 1. The quantitative estimate of drug-likeness (QED) is 0.717. The molecule has 25 heavy (non-hydrogen) atoms. The van der Waals surface area contributed by atoms with Gasteiger partial charge in [-0.1, -0.05) is 6.07 Å². The second kappa shape index (κ2) is 6.32. The molecule has 0 amide bonds. The van der Waals surface area contributed by atoms with Gasteiger partial charge < -0.3 is 14.6 Å². The molecule has 2 aromatic carbocycles. The van der Waals surface area contributed by atoms with E-state index in [1.54, 1.807) is 49.4 Å².